The number of rotatable bonds is 6. The van der Waals surface area contributed by atoms with Crippen molar-refractivity contribution in [3.63, 3.8) is 0 Å². The molecule has 0 spiro atoms. The van der Waals surface area contributed by atoms with Crippen molar-refractivity contribution >= 4 is 28.8 Å². The summed E-state index contributed by atoms with van der Waals surface area (Å²) in [6.45, 7) is 5.85. The number of aryl methyl sites for hydroxylation is 1. The molecule has 1 aromatic carbocycles. The van der Waals surface area contributed by atoms with Crippen LogP contribution in [0, 0.1) is 0 Å². The highest BCUT2D eigenvalue weighted by atomic mass is 16.6. The number of carboxylic acids is 1. The first kappa shape index (κ1) is 20.3. The number of nitrogens with one attached hydrogen (secondary N) is 1. The van der Waals surface area contributed by atoms with Gasteiger partial charge in [0.2, 0.25) is 0 Å². The molecule has 2 heterocycles. The van der Waals surface area contributed by atoms with Gasteiger partial charge in [-0.2, -0.15) is 5.10 Å². The smallest absolute Gasteiger partial charge is 0.416 e. The highest BCUT2D eigenvalue weighted by Crippen LogP contribution is 2.21. The monoisotopic (exact) mass is 396 g/mol. The van der Waals surface area contributed by atoms with Gasteiger partial charge in [-0.1, -0.05) is 6.07 Å². The van der Waals surface area contributed by atoms with Crippen LogP contribution in [-0.2, 0) is 11.2 Å². The van der Waals surface area contributed by atoms with Crippen molar-refractivity contribution in [2.24, 2.45) is 0 Å². The largest absolute Gasteiger partial charge is 0.478 e. The van der Waals surface area contributed by atoms with Crippen LogP contribution in [0.1, 0.15) is 43.2 Å². The van der Waals surface area contributed by atoms with Crippen molar-refractivity contribution in [2.75, 3.05) is 11.4 Å². The number of H-pyrrole nitrogens is 1. The van der Waals surface area contributed by atoms with Crippen LogP contribution in [0.15, 0.2) is 42.6 Å². The Morgan fingerprint density at radius 2 is 2.00 bits per heavy atom. The number of hydrogen-bond donors (Lipinski definition) is 2. The van der Waals surface area contributed by atoms with Gasteiger partial charge in [0.15, 0.2) is 0 Å². The predicted molar refractivity (Wildman–Crippen MR) is 109 cm³/mol. The lowest BCUT2D eigenvalue weighted by Gasteiger charge is -2.26. The maximum absolute atomic E-state index is 12.7. The first-order chi connectivity index (χ1) is 13.7. The molecule has 0 bridgehead atoms. The first-order valence-electron chi connectivity index (χ1n) is 9.36. The lowest BCUT2D eigenvalue weighted by molar-refractivity contribution is 0.0578. The molecule has 3 rings (SSSR count). The fourth-order valence-electron chi connectivity index (χ4n) is 2.93. The second-order valence-electron chi connectivity index (χ2n) is 7.66. The van der Waals surface area contributed by atoms with E-state index in [-0.39, 0.29) is 5.56 Å². The van der Waals surface area contributed by atoms with E-state index >= 15 is 0 Å². The Kier molecular flexibility index (Phi) is 5.81. The Balaban J connectivity index is 1.75. The summed E-state index contributed by atoms with van der Waals surface area (Å²) in [4.78, 5) is 29.7. The lowest BCUT2D eigenvalue weighted by Crippen LogP contribution is -2.38. The third-order valence-corrected chi connectivity index (χ3v) is 4.23. The maximum atomic E-state index is 12.7. The number of aromatic amines is 1. The zero-order chi connectivity index (χ0) is 21.0. The van der Waals surface area contributed by atoms with Crippen molar-refractivity contribution in [1.29, 1.82) is 0 Å². The minimum atomic E-state index is -0.981. The lowest BCUT2D eigenvalue weighted by atomic mass is 10.1. The van der Waals surface area contributed by atoms with Gasteiger partial charge in [-0.3, -0.25) is 10.00 Å². The number of fused-ring (bicyclic) bond motifs is 1. The number of aromatic carboxylic acids is 1. The fraction of sp³-hybridized carbons (Fsp3) is 0.333. The van der Waals surface area contributed by atoms with Crippen LogP contribution in [0.5, 0.6) is 0 Å². The van der Waals surface area contributed by atoms with Gasteiger partial charge in [0.25, 0.3) is 0 Å². The Morgan fingerprint density at radius 1 is 1.21 bits per heavy atom. The molecule has 3 aromatic rings. The van der Waals surface area contributed by atoms with Crippen LogP contribution in [-0.4, -0.2) is 44.5 Å². The summed E-state index contributed by atoms with van der Waals surface area (Å²) >= 11 is 0. The summed E-state index contributed by atoms with van der Waals surface area (Å²) in [7, 11) is 0. The quantitative estimate of drug-likeness (QED) is 0.651. The molecule has 0 atom stereocenters. The highest BCUT2D eigenvalue weighted by Gasteiger charge is 2.24. The molecule has 2 aromatic heterocycles. The summed E-state index contributed by atoms with van der Waals surface area (Å²) in [5.41, 5.74) is 1.13. The number of carbonyl (C=O) groups is 2. The molecule has 0 saturated carbocycles. The van der Waals surface area contributed by atoms with E-state index in [2.05, 4.69) is 15.2 Å². The number of benzene rings is 1. The molecule has 0 aliphatic heterocycles. The van der Waals surface area contributed by atoms with Gasteiger partial charge in [-0.05, 0) is 63.9 Å². The molecule has 0 unspecified atom stereocenters. The van der Waals surface area contributed by atoms with E-state index < -0.39 is 17.7 Å². The van der Waals surface area contributed by atoms with E-state index in [9.17, 15) is 14.7 Å². The number of aromatic nitrogens is 3. The number of anilines is 1. The Labute approximate surface area is 168 Å². The van der Waals surface area contributed by atoms with Gasteiger partial charge in [-0.25, -0.2) is 14.6 Å². The Hall–Kier alpha value is -3.42. The second kappa shape index (κ2) is 8.30. The molecule has 0 fully saturated rings. The second-order valence-corrected chi connectivity index (χ2v) is 7.66. The average Bonchev–Trinajstić information content (AvgIpc) is 3.06. The highest BCUT2D eigenvalue weighted by molar-refractivity contribution is 5.94. The molecular weight excluding hydrogens is 372 g/mol. The molecule has 0 saturated heterocycles. The molecule has 29 heavy (non-hydrogen) atoms. The number of carbonyl (C=O) groups excluding carboxylic acids is 1. The molecule has 0 aliphatic rings. The summed E-state index contributed by atoms with van der Waals surface area (Å²) < 4.78 is 5.52. The molecular formula is C21H24N4O4. The van der Waals surface area contributed by atoms with Crippen LogP contribution in [0.3, 0.4) is 0 Å². The number of pyridine rings is 1. The Morgan fingerprint density at radius 3 is 2.66 bits per heavy atom. The van der Waals surface area contributed by atoms with Crippen molar-refractivity contribution < 1.29 is 19.4 Å². The topological polar surface area (TPSA) is 108 Å². The van der Waals surface area contributed by atoms with Gasteiger partial charge in [0, 0.05) is 23.8 Å². The number of hydrogen-bond acceptors (Lipinski definition) is 5. The third kappa shape index (κ3) is 5.10. The normalized spacial score (nSPS) is 11.4. The number of carboxylic acid groups (broad SMARTS) is 1. The van der Waals surface area contributed by atoms with Gasteiger partial charge >= 0.3 is 12.1 Å². The SMILES string of the molecule is CC(C)(C)OC(=O)N(CCCc1[nH]nc2ccc(C(=O)O)cc12)c1ccccn1. The zero-order valence-corrected chi connectivity index (χ0v) is 16.7. The standard InChI is InChI=1S/C21H24N4O4/c1-21(2,3)29-20(28)25(18-8-4-5-11-22-18)12-6-7-16-15-13-14(19(26)27)9-10-17(15)24-23-16/h4-5,8-11,13H,6-7,12H2,1-3H3,(H,23,24)(H,26,27). The summed E-state index contributed by atoms with van der Waals surface area (Å²) in [5, 5.41) is 17.2. The van der Waals surface area contributed by atoms with Crippen LogP contribution < -0.4 is 4.90 Å². The molecule has 1 amide bonds. The fourth-order valence-corrected chi connectivity index (χ4v) is 2.93. The van der Waals surface area contributed by atoms with Crippen molar-refractivity contribution in [2.45, 2.75) is 39.2 Å². The molecule has 8 nitrogen and oxygen atoms in total. The Bertz CT molecular complexity index is 1010. The first-order valence-corrected chi connectivity index (χ1v) is 9.36. The van der Waals surface area contributed by atoms with E-state index in [1.54, 1.807) is 30.5 Å². The summed E-state index contributed by atoms with van der Waals surface area (Å²) in [5.74, 6) is -0.463. The van der Waals surface area contributed by atoms with Crippen molar-refractivity contribution in [1.82, 2.24) is 15.2 Å². The number of nitrogens with zero attached hydrogens (tertiary/aromatic N) is 3. The minimum Gasteiger partial charge on any atom is -0.478 e. The summed E-state index contributed by atoms with van der Waals surface area (Å²) in [6.07, 6.45) is 2.37. The van der Waals surface area contributed by atoms with Crippen LogP contribution >= 0.6 is 0 Å². The molecule has 2 N–H and O–H groups in total. The van der Waals surface area contributed by atoms with Crippen molar-refractivity contribution in [3.05, 3.63) is 53.9 Å². The van der Waals surface area contributed by atoms with Gasteiger partial charge in [0.05, 0.1) is 11.1 Å². The minimum absolute atomic E-state index is 0.212. The van der Waals surface area contributed by atoms with E-state index in [1.165, 1.54) is 11.0 Å². The zero-order valence-electron chi connectivity index (χ0n) is 16.7. The molecule has 152 valence electrons. The molecule has 8 heteroatoms. The molecule has 0 radical (unpaired) electrons. The number of ether oxygens (including phenoxy) is 1. The van der Waals surface area contributed by atoms with Gasteiger partial charge < -0.3 is 9.84 Å². The van der Waals surface area contributed by atoms with Crippen LogP contribution in [0.4, 0.5) is 10.6 Å². The van der Waals surface area contributed by atoms with E-state index in [4.69, 9.17) is 4.74 Å². The summed E-state index contributed by atoms with van der Waals surface area (Å²) in [6, 6.07) is 10.2. The van der Waals surface area contributed by atoms with E-state index in [1.807, 2.05) is 26.8 Å². The predicted octanol–water partition coefficient (Wildman–Crippen LogP) is 4.03. The van der Waals surface area contributed by atoms with Gasteiger partial charge in [0.1, 0.15) is 11.4 Å². The van der Waals surface area contributed by atoms with Crippen molar-refractivity contribution in [3.8, 4) is 0 Å². The van der Waals surface area contributed by atoms with Crippen LogP contribution in [0.25, 0.3) is 10.9 Å². The molecule has 0 aliphatic carbocycles. The number of amides is 1. The third-order valence-electron chi connectivity index (χ3n) is 4.23. The van der Waals surface area contributed by atoms with E-state index in [0.29, 0.717) is 30.7 Å². The van der Waals surface area contributed by atoms with Crippen LogP contribution in [0.2, 0.25) is 0 Å². The van der Waals surface area contributed by atoms with E-state index in [0.717, 1.165) is 11.1 Å². The maximum Gasteiger partial charge on any atom is 0.416 e. The average molecular weight is 396 g/mol. The van der Waals surface area contributed by atoms with Gasteiger partial charge in [-0.15, -0.1) is 0 Å².